The van der Waals surface area contributed by atoms with Crippen LogP contribution in [0.15, 0.2) is 83.3 Å². The molecule has 3 N–H and O–H groups in total. The van der Waals surface area contributed by atoms with Crippen molar-refractivity contribution < 1.29 is 27.5 Å². The van der Waals surface area contributed by atoms with E-state index in [1.807, 2.05) is 6.07 Å². The molecule has 0 aliphatic carbocycles. The number of hydrogen-bond acceptors (Lipinski definition) is 7. The van der Waals surface area contributed by atoms with Crippen molar-refractivity contribution in [3.05, 3.63) is 89.5 Å². The minimum Gasteiger partial charge on any atom is -0.465 e. The van der Waals surface area contributed by atoms with Crippen LogP contribution in [0.4, 0.5) is 17.1 Å². The van der Waals surface area contributed by atoms with Gasteiger partial charge in [0, 0.05) is 24.7 Å². The number of hydrogen-bond donors (Lipinski definition) is 2. The summed E-state index contributed by atoms with van der Waals surface area (Å²) >= 11 is 0. The molecule has 1 unspecified atom stereocenters. The average molecular weight is 534 g/mol. The number of carbonyl (C=O) groups is 3. The molecule has 1 aliphatic heterocycles. The number of carbonyl (C=O) groups excluding carboxylic acids is 3. The first-order chi connectivity index (χ1) is 18.1. The number of nitrogen functional groups attached to an aromatic ring is 1. The summed E-state index contributed by atoms with van der Waals surface area (Å²) in [5.41, 5.74) is 8.34. The largest absolute Gasteiger partial charge is 0.465 e. The standard InChI is InChI=1S/C28H27N3O6S/c1-18(32)30-22-11-13-24(14-12-22)38(35,36)31-23(16-20-5-3-4-6-26(20)31)17-27(33)25(28(34)37-2)15-19-7-9-21(29)10-8-19/h3-15,23H,16-17,29H2,1-2H3,(H,30,32)/b25-15+. The molecular weight excluding hydrogens is 506 g/mol. The third kappa shape index (κ3) is 5.60. The highest BCUT2D eigenvalue weighted by Gasteiger charge is 2.40. The fourth-order valence-corrected chi connectivity index (χ4v) is 6.07. The molecule has 10 heteroatoms. The highest BCUT2D eigenvalue weighted by Crippen LogP contribution is 2.38. The summed E-state index contributed by atoms with van der Waals surface area (Å²) in [7, 11) is -2.91. The van der Waals surface area contributed by atoms with Crippen molar-refractivity contribution in [2.45, 2.75) is 30.7 Å². The molecule has 1 heterocycles. The first kappa shape index (κ1) is 26.6. The minimum atomic E-state index is -4.09. The van der Waals surface area contributed by atoms with Crippen LogP contribution < -0.4 is 15.4 Å². The number of Topliss-reactive ketones (excluding diaryl/α,β-unsaturated/α-hetero) is 1. The van der Waals surface area contributed by atoms with E-state index in [4.69, 9.17) is 10.5 Å². The van der Waals surface area contributed by atoms with Crippen LogP contribution in [0.3, 0.4) is 0 Å². The van der Waals surface area contributed by atoms with Gasteiger partial charge in [0.15, 0.2) is 5.78 Å². The molecule has 0 saturated carbocycles. The van der Waals surface area contributed by atoms with Gasteiger partial charge in [0.2, 0.25) is 5.91 Å². The quantitative estimate of drug-likeness (QED) is 0.149. The Morgan fingerprint density at radius 2 is 1.68 bits per heavy atom. The van der Waals surface area contributed by atoms with Gasteiger partial charge in [-0.3, -0.25) is 13.9 Å². The van der Waals surface area contributed by atoms with Crippen molar-refractivity contribution in [1.29, 1.82) is 0 Å². The number of anilines is 3. The predicted octanol–water partition coefficient (Wildman–Crippen LogP) is 3.56. The number of sulfonamides is 1. The number of nitrogens with zero attached hydrogens (tertiary/aromatic N) is 1. The first-order valence-corrected chi connectivity index (χ1v) is 13.2. The maximum atomic E-state index is 13.8. The zero-order valence-corrected chi connectivity index (χ0v) is 21.7. The summed E-state index contributed by atoms with van der Waals surface area (Å²) < 4.78 is 33.7. The number of benzene rings is 3. The van der Waals surface area contributed by atoms with Crippen LogP contribution in [0.1, 0.15) is 24.5 Å². The lowest BCUT2D eigenvalue weighted by Crippen LogP contribution is -2.39. The lowest BCUT2D eigenvalue weighted by molar-refractivity contribution is -0.137. The molecule has 0 fully saturated rings. The van der Waals surface area contributed by atoms with Crippen LogP contribution in [0.2, 0.25) is 0 Å². The second-order valence-electron chi connectivity index (χ2n) is 8.84. The van der Waals surface area contributed by atoms with E-state index in [1.165, 1.54) is 48.7 Å². The number of ketones is 1. The number of nitrogens with one attached hydrogen (secondary N) is 1. The molecule has 9 nitrogen and oxygen atoms in total. The second kappa shape index (κ2) is 10.9. The van der Waals surface area contributed by atoms with Crippen molar-refractivity contribution in [3.8, 4) is 0 Å². The van der Waals surface area contributed by atoms with Crippen LogP contribution in [-0.2, 0) is 35.6 Å². The van der Waals surface area contributed by atoms with Crippen molar-refractivity contribution in [1.82, 2.24) is 0 Å². The molecule has 0 aromatic heterocycles. The number of para-hydroxylation sites is 1. The van der Waals surface area contributed by atoms with Gasteiger partial charge in [-0.2, -0.15) is 0 Å². The molecule has 196 valence electrons. The van der Waals surface area contributed by atoms with E-state index >= 15 is 0 Å². The topological polar surface area (TPSA) is 136 Å². The highest BCUT2D eigenvalue weighted by molar-refractivity contribution is 7.92. The third-order valence-corrected chi connectivity index (χ3v) is 8.00. The van der Waals surface area contributed by atoms with Gasteiger partial charge < -0.3 is 15.8 Å². The summed E-state index contributed by atoms with van der Waals surface area (Å²) in [5, 5.41) is 2.61. The summed E-state index contributed by atoms with van der Waals surface area (Å²) in [6.07, 6.45) is 1.46. The number of ether oxygens (including phenoxy) is 1. The lowest BCUT2D eigenvalue weighted by atomic mass is 9.99. The highest BCUT2D eigenvalue weighted by atomic mass is 32.2. The SMILES string of the molecule is COC(=O)/C(=C/c1ccc(N)cc1)C(=O)CC1Cc2ccccc2N1S(=O)(=O)c1ccc(NC(C)=O)cc1. The molecule has 1 atom stereocenters. The zero-order valence-electron chi connectivity index (χ0n) is 20.9. The Labute approximate surface area is 221 Å². The minimum absolute atomic E-state index is 0.00589. The molecule has 3 aromatic rings. The van der Waals surface area contributed by atoms with E-state index in [0.717, 1.165) is 5.56 Å². The third-order valence-electron chi connectivity index (χ3n) is 6.12. The van der Waals surface area contributed by atoms with Gasteiger partial charge in [-0.25, -0.2) is 13.2 Å². The number of amides is 1. The van der Waals surface area contributed by atoms with Gasteiger partial charge in [-0.05, 0) is 66.1 Å². The Hall–Kier alpha value is -4.44. The smallest absolute Gasteiger partial charge is 0.341 e. The van der Waals surface area contributed by atoms with E-state index in [9.17, 15) is 22.8 Å². The van der Waals surface area contributed by atoms with Gasteiger partial charge in [-0.15, -0.1) is 0 Å². The average Bonchev–Trinajstić information content (AvgIpc) is 3.26. The van der Waals surface area contributed by atoms with Crippen molar-refractivity contribution in [3.63, 3.8) is 0 Å². The molecule has 0 radical (unpaired) electrons. The fourth-order valence-electron chi connectivity index (χ4n) is 4.39. The Morgan fingerprint density at radius 1 is 1.03 bits per heavy atom. The number of rotatable bonds is 8. The summed E-state index contributed by atoms with van der Waals surface area (Å²) in [6, 6.07) is 18.7. The van der Waals surface area contributed by atoms with Crippen molar-refractivity contribution in [2.75, 3.05) is 22.5 Å². The Morgan fingerprint density at radius 3 is 2.32 bits per heavy atom. The first-order valence-electron chi connectivity index (χ1n) is 11.8. The zero-order chi connectivity index (χ0) is 27.4. The van der Waals surface area contributed by atoms with Crippen LogP contribution in [0, 0.1) is 0 Å². The Kier molecular flexibility index (Phi) is 7.63. The van der Waals surface area contributed by atoms with Gasteiger partial charge in [0.1, 0.15) is 5.57 Å². The fraction of sp³-hybridized carbons (Fsp3) is 0.179. The molecule has 1 aliphatic rings. The molecular formula is C28H27N3O6S. The molecule has 0 spiro atoms. The maximum Gasteiger partial charge on any atom is 0.341 e. The number of esters is 1. The summed E-state index contributed by atoms with van der Waals surface area (Å²) in [6.45, 7) is 1.36. The van der Waals surface area contributed by atoms with Crippen LogP contribution >= 0.6 is 0 Å². The number of fused-ring (bicyclic) bond motifs is 1. The van der Waals surface area contributed by atoms with E-state index in [2.05, 4.69) is 5.32 Å². The number of methoxy groups -OCH3 is 1. The Balaban J connectivity index is 1.68. The van der Waals surface area contributed by atoms with E-state index in [0.29, 0.717) is 29.0 Å². The molecule has 1 amide bonds. The molecule has 4 rings (SSSR count). The lowest BCUT2D eigenvalue weighted by Gasteiger charge is -2.27. The van der Waals surface area contributed by atoms with E-state index < -0.39 is 27.8 Å². The Bertz CT molecular complexity index is 1510. The molecule has 0 bridgehead atoms. The van der Waals surface area contributed by atoms with Crippen LogP contribution in [-0.4, -0.2) is 39.2 Å². The van der Waals surface area contributed by atoms with Gasteiger partial charge in [-0.1, -0.05) is 30.3 Å². The monoisotopic (exact) mass is 533 g/mol. The van der Waals surface area contributed by atoms with E-state index in [-0.39, 0.29) is 22.8 Å². The van der Waals surface area contributed by atoms with Crippen LogP contribution in [0.5, 0.6) is 0 Å². The molecule has 0 saturated heterocycles. The van der Waals surface area contributed by atoms with Crippen molar-refractivity contribution >= 4 is 50.8 Å². The molecule has 3 aromatic carbocycles. The van der Waals surface area contributed by atoms with Gasteiger partial charge in [0.05, 0.1) is 23.7 Å². The van der Waals surface area contributed by atoms with Crippen molar-refractivity contribution in [2.24, 2.45) is 0 Å². The molecule has 38 heavy (non-hydrogen) atoms. The normalized spacial score (nSPS) is 15.1. The predicted molar refractivity (Wildman–Crippen MR) is 145 cm³/mol. The van der Waals surface area contributed by atoms with E-state index in [1.54, 1.807) is 42.5 Å². The summed E-state index contributed by atoms with van der Waals surface area (Å²) in [4.78, 5) is 37.3. The van der Waals surface area contributed by atoms with Crippen LogP contribution in [0.25, 0.3) is 6.08 Å². The number of nitrogens with two attached hydrogens (primary N) is 1. The van der Waals surface area contributed by atoms with Gasteiger partial charge in [0.25, 0.3) is 10.0 Å². The maximum absolute atomic E-state index is 13.8. The summed E-state index contributed by atoms with van der Waals surface area (Å²) in [5.74, 6) is -1.64. The van der Waals surface area contributed by atoms with Gasteiger partial charge >= 0.3 is 5.97 Å². The second-order valence-corrected chi connectivity index (χ2v) is 10.7.